The summed E-state index contributed by atoms with van der Waals surface area (Å²) >= 11 is 0. The lowest BCUT2D eigenvalue weighted by Gasteiger charge is -2.26. The first-order valence-electron chi connectivity index (χ1n) is 7.30. The summed E-state index contributed by atoms with van der Waals surface area (Å²) < 4.78 is 26.2. The molecule has 134 valence electrons. The van der Waals surface area contributed by atoms with E-state index in [0.29, 0.717) is 19.5 Å². The van der Waals surface area contributed by atoms with Crippen LogP contribution in [0.3, 0.4) is 0 Å². The Morgan fingerprint density at radius 2 is 2.12 bits per heavy atom. The third kappa shape index (κ3) is 4.91. The highest BCUT2D eigenvalue weighted by Gasteiger charge is 2.29. The fourth-order valence-corrected chi connectivity index (χ4v) is 3.62. The number of hydrogen-bond donors (Lipinski definition) is 3. The summed E-state index contributed by atoms with van der Waals surface area (Å²) in [5.41, 5.74) is 5.61. The van der Waals surface area contributed by atoms with Gasteiger partial charge < -0.3 is 16.4 Å². The standard InChI is InChI=1S/C14H20N4O4S.ClH/c15-5-2-6-17-14(20)11-3-1-4-12(9-11)23(21,22)18-8-7-16-13(19)10-18;/h1,3-4,9H,2,5-8,10,15H2,(H,16,19)(H,17,20);1H. The fourth-order valence-electron chi connectivity index (χ4n) is 2.17. The first-order valence-corrected chi connectivity index (χ1v) is 8.74. The number of benzene rings is 1. The lowest BCUT2D eigenvalue weighted by molar-refractivity contribution is -0.122. The van der Waals surface area contributed by atoms with Crippen LogP contribution < -0.4 is 16.4 Å². The molecule has 1 heterocycles. The van der Waals surface area contributed by atoms with Gasteiger partial charge in [-0.3, -0.25) is 9.59 Å². The van der Waals surface area contributed by atoms with Crippen molar-refractivity contribution in [3.63, 3.8) is 0 Å². The Balaban J connectivity index is 0.00000288. The van der Waals surface area contributed by atoms with Crippen LogP contribution in [0.4, 0.5) is 0 Å². The smallest absolute Gasteiger partial charge is 0.251 e. The van der Waals surface area contributed by atoms with Crippen LogP contribution in [0, 0.1) is 0 Å². The Kier molecular flexibility index (Phi) is 7.61. The molecule has 4 N–H and O–H groups in total. The van der Waals surface area contributed by atoms with Gasteiger partial charge in [0.1, 0.15) is 0 Å². The van der Waals surface area contributed by atoms with Gasteiger partial charge in [0.15, 0.2) is 0 Å². The molecule has 2 rings (SSSR count). The minimum atomic E-state index is -3.80. The zero-order valence-electron chi connectivity index (χ0n) is 13.0. The molecule has 24 heavy (non-hydrogen) atoms. The van der Waals surface area contributed by atoms with Crippen molar-refractivity contribution in [2.45, 2.75) is 11.3 Å². The van der Waals surface area contributed by atoms with Gasteiger partial charge in [-0.25, -0.2) is 8.42 Å². The second kappa shape index (κ2) is 8.97. The number of halogens is 1. The van der Waals surface area contributed by atoms with Crippen molar-refractivity contribution >= 4 is 34.2 Å². The molecule has 8 nitrogen and oxygen atoms in total. The fraction of sp³-hybridized carbons (Fsp3) is 0.429. The van der Waals surface area contributed by atoms with Crippen LogP contribution in [-0.4, -0.2) is 57.3 Å². The van der Waals surface area contributed by atoms with Gasteiger partial charge in [-0.1, -0.05) is 6.07 Å². The molecule has 2 amide bonds. The van der Waals surface area contributed by atoms with Crippen LogP contribution in [0.25, 0.3) is 0 Å². The van der Waals surface area contributed by atoms with E-state index >= 15 is 0 Å². The number of hydrogen-bond acceptors (Lipinski definition) is 5. The van der Waals surface area contributed by atoms with Crippen molar-refractivity contribution in [1.29, 1.82) is 0 Å². The molecule has 0 saturated carbocycles. The first kappa shape index (κ1) is 20.4. The Labute approximate surface area is 147 Å². The molecule has 0 aromatic heterocycles. The van der Waals surface area contributed by atoms with E-state index < -0.39 is 10.0 Å². The van der Waals surface area contributed by atoms with E-state index in [1.165, 1.54) is 18.2 Å². The molecule has 1 aliphatic rings. The minimum Gasteiger partial charge on any atom is -0.354 e. The van der Waals surface area contributed by atoms with Crippen molar-refractivity contribution in [1.82, 2.24) is 14.9 Å². The molecule has 0 aliphatic carbocycles. The van der Waals surface area contributed by atoms with Crippen molar-refractivity contribution in [2.24, 2.45) is 5.73 Å². The van der Waals surface area contributed by atoms with Gasteiger partial charge in [-0.05, 0) is 31.2 Å². The average Bonchev–Trinajstić information content (AvgIpc) is 2.55. The molecule has 0 radical (unpaired) electrons. The number of nitrogens with zero attached hydrogens (tertiary/aromatic N) is 1. The van der Waals surface area contributed by atoms with Gasteiger partial charge in [0.05, 0.1) is 11.4 Å². The van der Waals surface area contributed by atoms with E-state index in [9.17, 15) is 18.0 Å². The highest BCUT2D eigenvalue weighted by Crippen LogP contribution is 2.17. The lowest BCUT2D eigenvalue weighted by atomic mass is 10.2. The Bertz CT molecular complexity index is 696. The maximum atomic E-state index is 12.6. The molecule has 1 aromatic carbocycles. The zero-order valence-corrected chi connectivity index (χ0v) is 14.7. The molecular weight excluding hydrogens is 356 g/mol. The number of carbonyl (C=O) groups is 2. The summed E-state index contributed by atoms with van der Waals surface area (Å²) in [6.45, 7) is 1.16. The van der Waals surface area contributed by atoms with E-state index in [4.69, 9.17) is 5.73 Å². The first-order chi connectivity index (χ1) is 10.9. The van der Waals surface area contributed by atoms with E-state index in [2.05, 4.69) is 10.6 Å². The SMILES string of the molecule is Cl.NCCCNC(=O)c1cccc(S(=O)(=O)N2CCNC(=O)C2)c1. The summed E-state index contributed by atoms with van der Waals surface area (Å²) in [5.74, 6) is -0.692. The molecule has 0 unspecified atom stereocenters. The molecule has 1 fully saturated rings. The number of nitrogens with one attached hydrogen (secondary N) is 2. The van der Waals surface area contributed by atoms with Crippen LogP contribution in [0.1, 0.15) is 16.8 Å². The molecule has 0 bridgehead atoms. The molecule has 10 heteroatoms. The maximum Gasteiger partial charge on any atom is 0.251 e. The quantitative estimate of drug-likeness (QED) is 0.567. The van der Waals surface area contributed by atoms with Gasteiger partial charge in [-0.15, -0.1) is 12.4 Å². The summed E-state index contributed by atoms with van der Waals surface area (Å²) in [6.07, 6.45) is 0.645. The highest BCUT2D eigenvalue weighted by atomic mass is 35.5. The third-order valence-corrected chi connectivity index (χ3v) is 5.24. The average molecular weight is 377 g/mol. The van der Waals surface area contributed by atoms with Crippen LogP contribution in [0.15, 0.2) is 29.2 Å². The number of sulfonamides is 1. The lowest BCUT2D eigenvalue weighted by Crippen LogP contribution is -2.49. The zero-order chi connectivity index (χ0) is 16.9. The summed E-state index contributed by atoms with van der Waals surface area (Å²) in [5, 5.41) is 5.25. The second-order valence-electron chi connectivity index (χ2n) is 5.11. The minimum absolute atomic E-state index is 0. The third-order valence-electron chi connectivity index (χ3n) is 3.40. The van der Waals surface area contributed by atoms with E-state index in [-0.39, 0.29) is 54.3 Å². The Morgan fingerprint density at radius 3 is 2.79 bits per heavy atom. The van der Waals surface area contributed by atoms with E-state index in [1.54, 1.807) is 6.07 Å². The monoisotopic (exact) mass is 376 g/mol. The maximum absolute atomic E-state index is 12.6. The molecule has 1 aromatic rings. The predicted molar refractivity (Wildman–Crippen MR) is 91.5 cm³/mol. The van der Waals surface area contributed by atoms with E-state index in [1.807, 2.05) is 0 Å². The van der Waals surface area contributed by atoms with Crippen molar-refractivity contribution in [3.8, 4) is 0 Å². The molecule has 0 atom stereocenters. The van der Waals surface area contributed by atoms with Gasteiger partial charge in [-0.2, -0.15) is 4.31 Å². The largest absolute Gasteiger partial charge is 0.354 e. The van der Waals surface area contributed by atoms with Crippen molar-refractivity contribution < 1.29 is 18.0 Å². The summed E-state index contributed by atoms with van der Waals surface area (Å²) in [4.78, 5) is 23.4. The van der Waals surface area contributed by atoms with E-state index in [0.717, 1.165) is 4.31 Å². The Morgan fingerprint density at radius 1 is 1.38 bits per heavy atom. The summed E-state index contributed by atoms with van der Waals surface area (Å²) in [6, 6.07) is 5.78. The summed E-state index contributed by atoms with van der Waals surface area (Å²) in [7, 11) is -3.80. The predicted octanol–water partition coefficient (Wildman–Crippen LogP) is -0.692. The normalized spacial score (nSPS) is 15.3. The van der Waals surface area contributed by atoms with Crippen molar-refractivity contribution in [3.05, 3.63) is 29.8 Å². The number of rotatable bonds is 6. The van der Waals surface area contributed by atoms with Gasteiger partial charge in [0.25, 0.3) is 5.91 Å². The molecule has 1 aliphatic heterocycles. The van der Waals surface area contributed by atoms with Crippen LogP contribution >= 0.6 is 12.4 Å². The Hall–Kier alpha value is -1.68. The van der Waals surface area contributed by atoms with Crippen LogP contribution in [-0.2, 0) is 14.8 Å². The second-order valence-corrected chi connectivity index (χ2v) is 7.05. The van der Waals surface area contributed by atoms with Crippen LogP contribution in [0.2, 0.25) is 0 Å². The van der Waals surface area contributed by atoms with Gasteiger partial charge in [0.2, 0.25) is 15.9 Å². The van der Waals surface area contributed by atoms with Gasteiger partial charge >= 0.3 is 0 Å². The molecule has 0 spiro atoms. The topological polar surface area (TPSA) is 122 Å². The number of nitrogens with two attached hydrogens (primary N) is 1. The van der Waals surface area contributed by atoms with Crippen LogP contribution in [0.5, 0.6) is 0 Å². The number of piperazine rings is 1. The van der Waals surface area contributed by atoms with Gasteiger partial charge in [0, 0.05) is 25.2 Å². The molecule has 1 saturated heterocycles. The number of amides is 2. The highest BCUT2D eigenvalue weighted by molar-refractivity contribution is 7.89. The molecular formula is C14H21ClN4O4S. The van der Waals surface area contributed by atoms with Crippen molar-refractivity contribution in [2.75, 3.05) is 32.7 Å². The number of carbonyl (C=O) groups excluding carboxylic acids is 2.